The zero-order valence-electron chi connectivity index (χ0n) is 15.6. The van der Waals surface area contributed by atoms with Crippen molar-refractivity contribution in [3.05, 3.63) is 126 Å². The molecule has 0 bridgehead atoms. The normalized spacial score (nSPS) is 12.7. The van der Waals surface area contributed by atoms with E-state index >= 15 is 0 Å². The molecule has 5 rings (SSSR count). The number of allylic oxidation sites excluding steroid dienone is 1. The first-order valence-corrected chi connectivity index (χ1v) is 11.0. The third-order valence-corrected chi connectivity index (χ3v) is 7.79. The van der Waals surface area contributed by atoms with Crippen LogP contribution in [-0.4, -0.2) is 0 Å². The average Bonchev–Trinajstić information content (AvgIpc) is 3.20. The van der Waals surface area contributed by atoms with Crippen LogP contribution < -0.4 is 10.6 Å². The first-order valence-electron chi connectivity index (χ1n) is 9.70. The Balaban J connectivity index is 1.71. The monoisotopic (exact) mass is 376 g/mol. The third kappa shape index (κ3) is 3.11. The van der Waals surface area contributed by atoms with Gasteiger partial charge in [-0.1, -0.05) is 115 Å². The van der Waals surface area contributed by atoms with Crippen LogP contribution in [0.1, 0.15) is 11.1 Å². The topological polar surface area (TPSA) is 0 Å². The second-order valence-corrected chi connectivity index (χ2v) is 9.19. The van der Waals surface area contributed by atoms with E-state index in [-0.39, 0.29) is 0 Å². The Hall–Kier alpha value is -2.95. The zero-order chi connectivity index (χ0) is 18.8. The van der Waals surface area contributed by atoms with Gasteiger partial charge in [-0.05, 0) is 52.5 Å². The molecule has 0 heterocycles. The summed E-state index contributed by atoms with van der Waals surface area (Å²) in [6.07, 6.45) is 3.48. The molecule has 0 atom stereocenters. The second-order valence-electron chi connectivity index (χ2n) is 7.01. The SMILES string of the molecule is C1=C(P(c2ccccc2)c2ccccc2)c2c(cccc2-c2ccccc2)C1. The van der Waals surface area contributed by atoms with E-state index in [9.17, 15) is 0 Å². The number of rotatable bonds is 4. The van der Waals surface area contributed by atoms with Gasteiger partial charge >= 0.3 is 0 Å². The Kier molecular flexibility index (Phi) is 4.65. The summed E-state index contributed by atoms with van der Waals surface area (Å²) >= 11 is 0. The standard InChI is InChI=1S/C27H21P/c1-4-11-21(12-5-1)25-18-10-13-22-19-20-26(27(22)25)28(23-14-6-2-7-15-23)24-16-8-3-9-17-24/h1-18,20H,19H2. The number of hydrogen-bond donors (Lipinski definition) is 0. The van der Waals surface area contributed by atoms with Crippen molar-refractivity contribution in [1.82, 2.24) is 0 Å². The van der Waals surface area contributed by atoms with Gasteiger partial charge in [0.2, 0.25) is 0 Å². The first-order chi connectivity index (χ1) is 13.9. The fourth-order valence-corrected chi connectivity index (χ4v) is 6.58. The van der Waals surface area contributed by atoms with Gasteiger partial charge in [0, 0.05) is 0 Å². The number of benzene rings is 4. The van der Waals surface area contributed by atoms with E-state index in [1.807, 2.05) is 0 Å². The van der Waals surface area contributed by atoms with Crippen molar-refractivity contribution in [3.8, 4) is 11.1 Å². The van der Waals surface area contributed by atoms with Crippen LogP contribution in [0.3, 0.4) is 0 Å². The van der Waals surface area contributed by atoms with E-state index in [0.717, 1.165) is 6.42 Å². The first kappa shape index (κ1) is 17.2. The van der Waals surface area contributed by atoms with Gasteiger partial charge in [-0.25, -0.2) is 0 Å². The van der Waals surface area contributed by atoms with Crippen LogP contribution in [0, 0.1) is 0 Å². The summed E-state index contributed by atoms with van der Waals surface area (Å²) in [5.41, 5.74) is 5.52. The zero-order valence-corrected chi connectivity index (χ0v) is 16.5. The lowest BCUT2D eigenvalue weighted by Crippen LogP contribution is -2.12. The molecule has 0 saturated carbocycles. The molecule has 1 aliphatic rings. The molecule has 0 N–H and O–H groups in total. The summed E-state index contributed by atoms with van der Waals surface area (Å²) in [7, 11) is -0.584. The van der Waals surface area contributed by atoms with Crippen molar-refractivity contribution in [2.75, 3.05) is 0 Å². The smallest absolute Gasteiger partial charge is 0.00621 e. The van der Waals surface area contributed by atoms with Gasteiger partial charge < -0.3 is 0 Å². The summed E-state index contributed by atoms with van der Waals surface area (Å²) in [5.74, 6) is 0. The molecule has 0 amide bonds. The van der Waals surface area contributed by atoms with Crippen LogP contribution in [0.4, 0.5) is 0 Å². The van der Waals surface area contributed by atoms with Crippen molar-refractivity contribution in [2.24, 2.45) is 0 Å². The Morgan fingerprint density at radius 2 is 1.11 bits per heavy atom. The summed E-state index contributed by atoms with van der Waals surface area (Å²) in [5, 5.41) is 4.30. The predicted octanol–water partition coefficient (Wildman–Crippen LogP) is 6.38. The van der Waals surface area contributed by atoms with Gasteiger partial charge in [-0.15, -0.1) is 0 Å². The molecular formula is C27H21P. The Bertz CT molecular complexity index is 1070. The lowest BCUT2D eigenvalue weighted by molar-refractivity contribution is 1.31. The minimum atomic E-state index is -0.584. The van der Waals surface area contributed by atoms with Crippen LogP contribution >= 0.6 is 7.92 Å². The molecule has 0 radical (unpaired) electrons. The van der Waals surface area contributed by atoms with Crippen molar-refractivity contribution >= 4 is 23.8 Å². The molecular weight excluding hydrogens is 355 g/mol. The van der Waals surface area contributed by atoms with Gasteiger partial charge in [-0.2, -0.15) is 0 Å². The van der Waals surface area contributed by atoms with E-state index in [1.54, 1.807) is 0 Å². The van der Waals surface area contributed by atoms with Gasteiger partial charge in [0.05, 0.1) is 0 Å². The van der Waals surface area contributed by atoms with Gasteiger partial charge in [0.25, 0.3) is 0 Å². The Morgan fingerprint density at radius 1 is 0.536 bits per heavy atom. The molecule has 0 aliphatic heterocycles. The number of hydrogen-bond acceptors (Lipinski definition) is 0. The maximum atomic E-state index is 2.46. The van der Waals surface area contributed by atoms with Crippen molar-refractivity contribution < 1.29 is 0 Å². The summed E-state index contributed by atoms with van der Waals surface area (Å²) in [4.78, 5) is 0. The lowest BCUT2D eigenvalue weighted by Gasteiger charge is -2.23. The van der Waals surface area contributed by atoms with E-state index in [4.69, 9.17) is 0 Å². The molecule has 134 valence electrons. The molecule has 1 aliphatic carbocycles. The largest absolute Gasteiger partial charge is 0.0711 e. The van der Waals surface area contributed by atoms with Crippen LogP contribution in [0.5, 0.6) is 0 Å². The third-order valence-electron chi connectivity index (χ3n) is 5.28. The van der Waals surface area contributed by atoms with E-state index in [1.165, 1.54) is 38.2 Å². The molecule has 4 aromatic rings. The lowest BCUT2D eigenvalue weighted by atomic mass is 9.97. The molecule has 1 heteroatoms. The fourth-order valence-electron chi connectivity index (χ4n) is 4.02. The quantitative estimate of drug-likeness (QED) is 0.362. The van der Waals surface area contributed by atoms with Crippen molar-refractivity contribution in [3.63, 3.8) is 0 Å². The highest BCUT2D eigenvalue weighted by Crippen LogP contribution is 2.54. The summed E-state index contributed by atoms with van der Waals surface area (Å²) in [6, 6.07) is 39.5. The molecule has 0 nitrogen and oxygen atoms in total. The van der Waals surface area contributed by atoms with E-state index < -0.39 is 7.92 Å². The Labute approximate surface area is 168 Å². The van der Waals surface area contributed by atoms with Gasteiger partial charge in [0.15, 0.2) is 0 Å². The van der Waals surface area contributed by atoms with Crippen molar-refractivity contribution in [1.29, 1.82) is 0 Å². The van der Waals surface area contributed by atoms with E-state index in [0.29, 0.717) is 0 Å². The molecule has 0 unspecified atom stereocenters. The van der Waals surface area contributed by atoms with E-state index in [2.05, 4.69) is 115 Å². The molecule has 0 aromatic heterocycles. The fraction of sp³-hybridized carbons (Fsp3) is 0.0370. The van der Waals surface area contributed by atoms with Crippen LogP contribution in [-0.2, 0) is 6.42 Å². The minimum Gasteiger partial charge on any atom is -0.0711 e. The highest BCUT2D eigenvalue weighted by Gasteiger charge is 2.27. The highest BCUT2D eigenvalue weighted by molar-refractivity contribution is 7.82. The molecule has 0 fully saturated rings. The summed E-state index contributed by atoms with van der Waals surface area (Å²) < 4.78 is 0. The van der Waals surface area contributed by atoms with Crippen LogP contribution in [0.25, 0.3) is 16.4 Å². The number of fused-ring (bicyclic) bond motifs is 1. The van der Waals surface area contributed by atoms with Gasteiger partial charge in [-0.3, -0.25) is 0 Å². The Morgan fingerprint density at radius 3 is 1.71 bits per heavy atom. The van der Waals surface area contributed by atoms with Crippen molar-refractivity contribution in [2.45, 2.75) is 6.42 Å². The maximum absolute atomic E-state index is 2.46. The predicted molar refractivity (Wildman–Crippen MR) is 123 cm³/mol. The second kappa shape index (κ2) is 7.58. The highest BCUT2D eigenvalue weighted by atomic mass is 31.1. The summed E-state index contributed by atoms with van der Waals surface area (Å²) in [6.45, 7) is 0. The molecule has 4 aromatic carbocycles. The average molecular weight is 376 g/mol. The molecule has 0 spiro atoms. The maximum Gasteiger partial charge on any atom is -0.00621 e. The molecule has 0 saturated heterocycles. The molecule has 28 heavy (non-hydrogen) atoms. The van der Waals surface area contributed by atoms with Gasteiger partial charge in [0.1, 0.15) is 0 Å². The van der Waals surface area contributed by atoms with Crippen LogP contribution in [0.15, 0.2) is 115 Å². The van der Waals surface area contributed by atoms with Crippen LogP contribution in [0.2, 0.25) is 0 Å². The minimum absolute atomic E-state index is 0.584.